The molecule has 0 saturated heterocycles. The molecule has 0 rings (SSSR count). The highest BCUT2D eigenvalue weighted by Crippen LogP contribution is 2.66. The summed E-state index contributed by atoms with van der Waals surface area (Å²) in [5.41, 5.74) is -10.0. The summed E-state index contributed by atoms with van der Waals surface area (Å²) in [5.74, 6) is -85.5. The first kappa shape index (κ1) is 78.2. The lowest BCUT2D eigenvalue weighted by atomic mass is 9.91. The van der Waals surface area contributed by atoms with Gasteiger partial charge in [-0.3, -0.25) is 0 Å². The summed E-state index contributed by atoms with van der Waals surface area (Å²) in [7, 11) is -14.1. The Kier molecular flexibility index (Phi) is 22.0. The van der Waals surface area contributed by atoms with Crippen LogP contribution in [0.2, 0.25) is 6.04 Å². The van der Waals surface area contributed by atoms with E-state index >= 15 is 0 Å². The molecule has 79 heavy (non-hydrogen) atoms. The van der Waals surface area contributed by atoms with Crippen molar-refractivity contribution in [2.75, 3.05) is 20.8 Å². The van der Waals surface area contributed by atoms with E-state index in [9.17, 15) is 193 Å². The first-order chi connectivity index (χ1) is 33.6. The van der Waals surface area contributed by atoms with Crippen molar-refractivity contribution >= 4 is 17.6 Å². The van der Waals surface area contributed by atoms with Gasteiger partial charge in [-0.15, -0.1) is 0 Å². The molecule has 0 aromatic heterocycles. The molecule has 0 aliphatic heterocycles. The van der Waals surface area contributed by atoms with Gasteiger partial charge in [0.25, 0.3) is 0 Å². The Morgan fingerprint density at radius 2 is 0.633 bits per heavy atom. The van der Waals surface area contributed by atoms with Gasteiger partial charge >= 0.3 is 132 Å². The largest absolute Gasteiger partial charge is 0.595 e. The zero-order valence-corrected chi connectivity index (χ0v) is 38.0. The standard InChI is InChI=1S/C14F32O3Si.C13H18F12O3Si/c15-1(16,3(19,20)5(23,24)7(27,28)29)2(17,18)4(21,22)6(25,26)14(45,46)50(47-11(39,40)8(30,31)32,48-12(41,42)9(33,34)35)49-13(43,44)10(36,37)38;1-4-5-29(26-2,27-3)28-7-9(15,16)12(22,23)13(24,25)11(20,21)8(14)6-10(17,18)19/h;8H,4-7H2,1-3H3. The fourth-order valence-electron chi connectivity index (χ4n) is 4.33. The van der Waals surface area contributed by atoms with Crippen molar-refractivity contribution in [3.63, 3.8) is 0 Å². The Hall–Kier alpha value is -2.89. The van der Waals surface area contributed by atoms with Gasteiger partial charge in [-0.25, -0.2) is 4.39 Å². The molecule has 0 aliphatic rings. The number of hydrogen-bond acceptors (Lipinski definition) is 6. The molecule has 0 aromatic rings. The summed E-state index contributed by atoms with van der Waals surface area (Å²) < 4.78 is 596. The molecule has 0 amide bonds. The van der Waals surface area contributed by atoms with Crippen molar-refractivity contribution in [1.29, 1.82) is 0 Å². The smallest absolute Gasteiger partial charge is 0.377 e. The second kappa shape index (κ2) is 22.3. The maximum absolute atomic E-state index is 14.7. The van der Waals surface area contributed by atoms with Crippen LogP contribution in [-0.4, -0.2) is 159 Å². The zero-order chi connectivity index (χ0) is 65.1. The summed E-state index contributed by atoms with van der Waals surface area (Å²) in [6, 6.07) is -0.244. The third-order valence-electron chi connectivity index (χ3n) is 8.61. The van der Waals surface area contributed by atoms with Crippen molar-refractivity contribution < 1.29 is 220 Å². The van der Waals surface area contributed by atoms with Crippen LogP contribution in [0.25, 0.3) is 0 Å². The van der Waals surface area contributed by atoms with Crippen LogP contribution in [0, 0.1) is 0 Å². The van der Waals surface area contributed by atoms with E-state index in [1.165, 1.54) is 6.92 Å². The second-order valence-corrected chi connectivity index (χ2v) is 19.6. The van der Waals surface area contributed by atoms with E-state index in [2.05, 4.69) is 13.3 Å². The van der Waals surface area contributed by atoms with E-state index in [-0.39, 0.29) is 12.5 Å². The van der Waals surface area contributed by atoms with Gasteiger partial charge in [-0.05, 0) is 0 Å². The predicted molar refractivity (Wildman–Crippen MR) is 159 cm³/mol. The molecule has 0 aliphatic carbocycles. The molecule has 0 radical (unpaired) electrons. The van der Waals surface area contributed by atoms with Crippen LogP contribution >= 0.6 is 0 Å². The molecule has 6 nitrogen and oxygen atoms in total. The van der Waals surface area contributed by atoms with E-state index in [0.717, 1.165) is 27.5 Å². The van der Waals surface area contributed by atoms with Crippen LogP contribution in [0.4, 0.5) is 193 Å². The molecule has 0 fully saturated rings. The van der Waals surface area contributed by atoms with Gasteiger partial charge in [-0.1, -0.05) is 13.3 Å². The van der Waals surface area contributed by atoms with Crippen LogP contribution < -0.4 is 0 Å². The Balaban J connectivity index is 0. The number of rotatable bonds is 25. The molecular formula is C27H18F44O6Si2. The zero-order valence-electron chi connectivity index (χ0n) is 36.0. The SMILES string of the molecule is CCC[Si](OC)(OC)OCC(F)(F)C(F)(F)C(F)(F)C(F)(F)C(F)CC(F)(F)F.FC(F)(F)C(F)(F)O[Si](OC(F)(F)C(F)(F)F)(OC(F)(F)C(F)(F)F)C(F)(F)C(F)(F)C(F)(F)C(F)(F)C(F)(F)C(F)(F)C(F)(F)C(F)(F)F. The van der Waals surface area contributed by atoms with Crippen molar-refractivity contribution in [3.8, 4) is 0 Å². The third kappa shape index (κ3) is 14.0. The molecular weight excluding hydrogens is 1310 g/mol. The number of alkyl halides is 44. The highest BCUT2D eigenvalue weighted by molar-refractivity contribution is 6.64. The van der Waals surface area contributed by atoms with Gasteiger partial charge in [0, 0.05) is 20.3 Å². The molecule has 1 atom stereocenters. The first-order valence-electron chi connectivity index (χ1n) is 17.8. The molecule has 0 N–H and O–H groups in total. The molecule has 0 heterocycles. The third-order valence-corrected chi connectivity index (χ3v) is 14.2. The van der Waals surface area contributed by atoms with E-state index in [1.807, 2.05) is 0 Å². The van der Waals surface area contributed by atoms with Gasteiger partial charge in [0.05, 0.1) is 6.42 Å². The molecule has 0 bridgehead atoms. The summed E-state index contributed by atoms with van der Waals surface area (Å²) in [4.78, 5) is 0. The van der Waals surface area contributed by atoms with E-state index in [4.69, 9.17) is 0 Å². The Labute approximate surface area is 405 Å². The van der Waals surface area contributed by atoms with Crippen LogP contribution in [0.3, 0.4) is 0 Å². The predicted octanol–water partition coefficient (Wildman–Crippen LogP) is 15.5. The highest BCUT2D eigenvalue weighted by atomic mass is 28.4. The van der Waals surface area contributed by atoms with Gasteiger partial charge in [0.15, 0.2) is 6.17 Å². The summed E-state index contributed by atoms with van der Waals surface area (Å²) in [5, 5.41) is 0. The lowest BCUT2D eigenvalue weighted by molar-refractivity contribution is -0.465. The number of hydrogen-bond donors (Lipinski definition) is 0. The van der Waals surface area contributed by atoms with E-state index < -0.39 is 151 Å². The molecule has 1 unspecified atom stereocenters. The maximum Gasteiger partial charge on any atom is 0.595 e. The first-order valence-corrected chi connectivity index (χ1v) is 21.4. The quantitative estimate of drug-likeness (QED) is 0.0671. The van der Waals surface area contributed by atoms with E-state index in [0.29, 0.717) is 0 Å². The van der Waals surface area contributed by atoms with Crippen LogP contribution in [0.1, 0.15) is 19.8 Å². The summed E-state index contributed by atoms with van der Waals surface area (Å²) in [6.07, 6.45) is -73.4. The topological polar surface area (TPSA) is 55.4 Å². The minimum atomic E-state index is -11.8. The molecule has 52 heteroatoms. The fourth-order valence-corrected chi connectivity index (χ4v) is 8.71. The average Bonchev–Trinajstić information content (AvgIpc) is 3.19. The average molecular weight is 1330 g/mol. The second-order valence-electron chi connectivity index (χ2n) is 14.3. The minimum absolute atomic E-state index is 0.144. The highest BCUT2D eigenvalue weighted by Gasteiger charge is 2.99. The lowest BCUT2D eigenvalue weighted by Crippen LogP contribution is -2.81. The van der Waals surface area contributed by atoms with Crippen molar-refractivity contribution in [1.82, 2.24) is 0 Å². The van der Waals surface area contributed by atoms with Gasteiger partial charge < -0.3 is 26.6 Å². The lowest BCUT2D eigenvalue weighted by Gasteiger charge is -2.46. The van der Waals surface area contributed by atoms with Crippen LogP contribution in [0.15, 0.2) is 0 Å². The van der Waals surface area contributed by atoms with Crippen molar-refractivity contribution in [3.05, 3.63) is 0 Å². The van der Waals surface area contributed by atoms with Gasteiger partial charge in [-0.2, -0.15) is 189 Å². The normalized spacial score (nSPS) is 16.7. The van der Waals surface area contributed by atoms with Crippen LogP contribution in [-0.2, 0) is 26.6 Å². The maximum atomic E-state index is 14.7. The Bertz CT molecular complexity index is 1910. The molecule has 0 spiro atoms. The molecule has 0 saturated carbocycles. The van der Waals surface area contributed by atoms with Crippen molar-refractivity contribution in [2.45, 2.75) is 146 Å². The van der Waals surface area contributed by atoms with Crippen LogP contribution in [0.5, 0.6) is 0 Å². The fraction of sp³-hybridized carbons (Fsp3) is 1.00. The number of halogens is 44. The monoisotopic (exact) mass is 1330 g/mol. The van der Waals surface area contributed by atoms with Gasteiger partial charge in [0.1, 0.15) is 6.61 Å². The molecule has 0 aromatic carbocycles. The van der Waals surface area contributed by atoms with Gasteiger partial charge in [0.2, 0.25) is 0 Å². The Morgan fingerprint density at radius 3 is 0.873 bits per heavy atom. The summed E-state index contributed by atoms with van der Waals surface area (Å²) >= 11 is 0. The minimum Gasteiger partial charge on any atom is -0.377 e. The molecule has 478 valence electrons. The Morgan fingerprint density at radius 1 is 0.354 bits per heavy atom. The van der Waals surface area contributed by atoms with Crippen molar-refractivity contribution in [2.24, 2.45) is 0 Å². The summed E-state index contributed by atoms with van der Waals surface area (Å²) in [6.45, 7) is -1.14. The van der Waals surface area contributed by atoms with E-state index in [1.54, 1.807) is 0 Å².